The average molecular weight is 278 g/mol. The van der Waals surface area contributed by atoms with E-state index in [1.807, 2.05) is 12.1 Å². The van der Waals surface area contributed by atoms with E-state index in [1.54, 1.807) is 12.4 Å². The zero-order valence-corrected chi connectivity index (χ0v) is 10.9. The van der Waals surface area contributed by atoms with Crippen molar-refractivity contribution >= 4 is 0 Å². The second-order valence-electron chi connectivity index (χ2n) is 4.46. The Labute approximate surface area is 116 Å². The fourth-order valence-corrected chi connectivity index (χ4v) is 1.95. The summed E-state index contributed by atoms with van der Waals surface area (Å²) in [7, 11) is 0. The van der Waals surface area contributed by atoms with Crippen molar-refractivity contribution in [2.45, 2.75) is 12.5 Å². The summed E-state index contributed by atoms with van der Waals surface area (Å²) < 4.78 is 26.9. The number of benzene rings is 1. The van der Waals surface area contributed by atoms with Crippen molar-refractivity contribution in [2.75, 3.05) is 13.1 Å². The SMILES string of the molecule is OC(CNCCc1ccncc1)c1c(F)cccc1F. The summed E-state index contributed by atoms with van der Waals surface area (Å²) in [6.45, 7) is 0.708. The highest BCUT2D eigenvalue weighted by molar-refractivity contribution is 5.22. The first-order chi connectivity index (χ1) is 9.68. The highest BCUT2D eigenvalue weighted by atomic mass is 19.1. The van der Waals surface area contributed by atoms with Crippen molar-refractivity contribution in [3.05, 3.63) is 65.5 Å². The molecule has 0 spiro atoms. The summed E-state index contributed by atoms with van der Waals surface area (Å²) in [5.74, 6) is -1.46. The van der Waals surface area contributed by atoms with Crippen LogP contribution in [0, 0.1) is 11.6 Å². The summed E-state index contributed by atoms with van der Waals surface area (Å²) in [5.41, 5.74) is 0.822. The Kier molecular flexibility index (Phi) is 5.15. The number of aromatic nitrogens is 1. The number of pyridine rings is 1. The van der Waals surface area contributed by atoms with Crippen molar-refractivity contribution < 1.29 is 13.9 Å². The predicted molar refractivity (Wildman–Crippen MR) is 72.1 cm³/mol. The van der Waals surface area contributed by atoms with Crippen LogP contribution in [0.3, 0.4) is 0 Å². The van der Waals surface area contributed by atoms with E-state index in [1.165, 1.54) is 6.07 Å². The number of halogens is 2. The molecule has 1 aromatic heterocycles. The third kappa shape index (κ3) is 3.82. The van der Waals surface area contributed by atoms with Crippen molar-refractivity contribution in [1.29, 1.82) is 0 Å². The van der Waals surface area contributed by atoms with E-state index in [0.29, 0.717) is 6.54 Å². The third-order valence-electron chi connectivity index (χ3n) is 3.01. The van der Waals surface area contributed by atoms with Gasteiger partial charge in [0, 0.05) is 18.9 Å². The first-order valence-corrected chi connectivity index (χ1v) is 6.40. The molecule has 2 aromatic rings. The van der Waals surface area contributed by atoms with Gasteiger partial charge in [-0.3, -0.25) is 4.98 Å². The summed E-state index contributed by atoms with van der Waals surface area (Å²) in [4.78, 5) is 3.92. The smallest absolute Gasteiger partial charge is 0.131 e. The monoisotopic (exact) mass is 278 g/mol. The van der Waals surface area contributed by atoms with Gasteiger partial charge in [-0.15, -0.1) is 0 Å². The number of rotatable bonds is 6. The number of aliphatic hydroxyl groups is 1. The Morgan fingerprint density at radius 3 is 2.40 bits per heavy atom. The molecule has 1 unspecified atom stereocenters. The normalized spacial score (nSPS) is 12.3. The first-order valence-electron chi connectivity index (χ1n) is 6.40. The molecular formula is C15H16F2N2O. The largest absolute Gasteiger partial charge is 0.387 e. The Hall–Kier alpha value is -1.85. The van der Waals surface area contributed by atoms with Gasteiger partial charge in [-0.1, -0.05) is 6.07 Å². The zero-order chi connectivity index (χ0) is 14.4. The minimum Gasteiger partial charge on any atom is -0.387 e. The van der Waals surface area contributed by atoms with Crippen molar-refractivity contribution in [3.8, 4) is 0 Å². The van der Waals surface area contributed by atoms with Crippen LogP contribution in [0.2, 0.25) is 0 Å². The second kappa shape index (κ2) is 7.07. The van der Waals surface area contributed by atoms with Gasteiger partial charge < -0.3 is 10.4 Å². The molecular weight excluding hydrogens is 262 g/mol. The number of aliphatic hydroxyl groups excluding tert-OH is 1. The van der Waals surface area contributed by atoms with Gasteiger partial charge in [0.2, 0.25) is 0 Å². The van der Waals surface area contributed by atoms with Gasteiger partial charge in [0.25, 0.3) is 0 Å². The van der Waals surface area contributed by atoms with Gasteiger partial charge in [-0.2, -0.15) is 0 Å². The molecule has 0 aliphatic rings. The van der Waals surface area contributed by atoms with Crippen LogP contribution in [-0.2, 0) is 6.42 Å². The summed E-state index contributed by atoms with van der Waals surface area (Å²) in [5, 5.41) is 12.8. The molecule has 20 heavy (non-hydrogen) atoms. The maximum absolute atomic E-state index is 13.4. The maximum Gasteiger partial charge on any atom is 0.131 e. The topological polar surface area (TPSA) is 45.1 Å². The second-order valence-corrected chi connectivity index (χ2v) is 4.46. The maximum atomic E-state index is 13.4. The lowest BCUT2D eigenvalue weighted by molar-refractivity contribution is 0.165. The molecule has 2 N–H and O–H groups in total. The van der Waals surface area contributed by atoms with Crippen LogP contribution in [0.25, 0.3) is 0 Å². The number of hydrogen-bond donors (Lipinski definition) is 2. The van der Waals surface area contributed by atoms with Crippen molar-refractivity contribution in [3.63, 3.8) is 0 Å². The lowest BCUT2D eigenvalue weighted by Crippen LogP contribution is -2.24. The molecule has 3 nitrogen and oxygen atoms in total. The first kappa shape index (κ1) is 14.6. The van der Waals surface area contributed by atoms with Gasteiger partial charge in [0.05, 0.1) is 11.7 Å². The predicted octanol–water partition coefficient (Wildman–Crippen LogP) is 2.23. The average Bonchev–Trinajstić information content (AvgIpc) is 2.44. The standard InChI is InChI=1S/C15H16F2N2O/c16-12-2-1-3-13(17)15(12)14(20)10-19-9-6-11-4-7-18-8-5-11/h1-5,7-8,14,19-20H,6,9-10H2. The van der Waals surface area contributed by atoms with Crippen molar-refractivity contribution in [1.82, 2.24) is 10.3 Å². The van der Waals surface area contributed by atoms with Crippen LogP contribution in [0.5, 0.6) is 0 Å². The molecule has 1 heterocycles. The van der Waals surface area contributed by atoms with E-state index in [4.69, 9.17) is 0 Å². The van der Waals surface area contributed by atoms with E-state index in [2.05, 4.69) is 10.3 Å². The van der Waals surface area contributed by atoms with E-state index in [9.17, 15) is 13.9 Å². The summed E-state index contributed by atoms with van der Waals surface area (Å²) in [6, 6.07) is 7.35. The highest BCUT2D eigenvalue weighted by Gasteiger charge is 2.16. The van der Waals surface area contributed by atoms with E-state index in [-0.39, 0.29) is 12.1 Å². The molecule has 1 atom stereocenters. The van der Waals surface area contributed by atoms with Crippen LogP contribution in [0.15, 0.2) is 42.7 Å². The van der Waals surface area contributed by atoms with Gasteiger partial charge in [-0.05, 0) is 42.8 Å². The van der Waals surface area contributed by atoms with Gasteiger partial charge in [0.1, 0.15) is 11.6 Å². The molecule has 0 aliphatic carbocycles. The molecule has 0 fully saturated rings. The molecule has 0 radical (unpaired) electrons. The molecule has 106 valence electrons. The molecule has 0 aliphatic heterocycles. The van der Waals surface area contributed by atoms with E-state index in [0.717, 1.165) is 24.1 Å². The van der Waals surface area contributed by atoms with E-state index < -0.39 is 17.7 Å². The van der Waals surface area contributed by atoms with E-state index >= 15 is 0 Å². The number of nitrogens with zero attached hydrogens (tertiary/aromatic N) is 1. The lowest BCUT2D eigenvalue weighted by atomic mass is 10.1. The van der Waals surface area contributed by atoms with Gasteiger partial charge >= 0.3 is 0 Å². The van der Waals surface area contributed by atoms with Gasteiger partial charge in [-0.25, -0.2) is 8.78 Å². The molecule has 5 heteroatoms. The van der Waals surface area contributed by atoms with Crippen LogP contribution < -0.4 is 5.32 Å². The Morgan fingerprint density at radius 2 is 1.75 bits per heavy atom. The minimum absolute atomic E-state index is 0.100. The number of hydrogen-bond acceptors (Lipinski definition) is 3. The summed E-state index contributed by atoms with van der Waals surface area (Å²) >= 11 is 0. The van der Waals surface area contributed by atoms with Crippen LogP contribution >= 0.6 is 0 Å². The Morgan fingerprint density at radius 1 is 1.10 bits per heavy atom. The Balaban J connectivity index is 1.82. The molecule has 0 amide bonds. The fraction of sp³-hybridized carbons (Fsp3) is 0.267. The molecule has 1 aromatic carbocycles. The molecule has 0 bridgehead atoms. The quantitative estimate of drug-likeness (QED) is 0.796. The molecule has 0 saturated heterocycles. The fourth-order valence-electron chi connectivity index (χ4n) is 1.95. The minimum atomic E-state index is -1.20. The zero-order valence-electron chi connectivity index (χ0n) is 10.9. The Bertz CT molecular complexity index is 529. The van der Waals surface area contributed by atoms with Crippen LogP contribution in [0.4, 0.5) is 8.78 Å². The molecule has 2 rings (SSSR count). The molecule has 0 saturated carbocycles. The van der Waals surface area contributed by atoms with Crippen molar-refractivity contribution in [2.24, 2.45) is 0 Å². The van der Waals surface area contributed by atoms with Crippen LogP contribution in [-0.4, -0.2) is 23.2 Å². The number of nitrogens with one attached hydrogen (secondary N) is 1. The van der Waals surface area contributed by atoms with Crippen LogP contribution in [0.1, 0.15) is 17.2 Å². The summed E-state index contributed by atoms with van der Waals surface area (Å²) in [6.07, 6.45) is 2.97. The third-order valence-corrected chi connectivity index (χ3v) is 3.01. The highest BCUT2D eigenvalue weighted by Crippen LogP contribution is 2.19. The lowest BCUT2D eigenvalue weighted by Gasteiger charge is -2.13. The van der Waals surface area contributed by atoms with Gasteiger partial charge in [0.15, 0.2) is 0 Å².